The SMILES string of the molecule is CCNCc1sc(-c2cc(F)cc(Br)c2)nc1CC(C)C. The first-order valence-corrected chi connectivity index (χ1v) is 8.76. The number of hydrogen-bond donors (Lipinski definition) is 1. The normalized spacial score (nSPS) is 11.3. The molecule has 1 heterocycles. The Morgan fingerprint density at radius 3 is 2.71 bits per heavy atom. The molecule has 0 radical (unpaired) electrons. The molecule has 0 atom stereocenters. The van der Waals surface area contributed by atoms with Crippen molar-refractivity contribution in [1.82, 2.24) is 10.3 Å². The van der Waals surface area contributed by atoms with Gasteiger partial charge in [-0.3, -0.25) is 0 Å². The zero-order valence-electron chi connectivity index (χ0n) is 12.5. The minimum Gasteiger partial charge on any atom is -0.312 e. The summed E-state index contributed by atoms with van der Waals surface area (Å²) in [4.78, 5) is 6.00. The van der Waals surface area contributed by atoms with Crippen LogP contribution >= 0.6 is 27.3 Å². The van der Waals surface area contributed by atoms with Gasteiger partial charge >= 0.3 is 0 Å². The van der Waals surface area contributed by atoms with Gasteiger partial charge in [-0.15, -0.1) is 11.3 Å². The number of hydrogen-bond acceptors (Lipinski definition) is 3. The van der Waals surface area contributed by atoms with Crippen molar-refractivity contribution in [2.24, 2.45) is 5.92 Å². The lowest BCUT2D eigenvalue weighted by atomic mass is 10.1. The summed E-state index contributed by atoms with van der Waals surface area (Å²) in [5, 5.41) is 4.24. The summed E-state index contributed by atoms with van der Waals surface area (Å²) in [6.07, 6.45) is 0.952. The fraction of sp³-hybridized carbons (Fsp3) is 0.438. The molecule has 2 aromatic rings. The van der Waals surface area contributed by atoms with Crippen LogP contribution in [0.2, 0.25) is 0 Å². The van der Waals surface area contributed by atoms with E-state index in [-0.39, 0.29) is 5.82 Å². The zero-order valence-corrected chi connectivity index (χ0v) is 14.9. The predicted octanol–water partition coefficient (Wildman–Crippen LogP) is 5.02. The molecule has 0 aliphatic heterocycles. The van der Waals surface area contributed by atoms with E-state index in [1.165, 1.54) is 10.9 Å². The van der Waals surface area contributed by atoms with Crippen LogP contribution in [0.1, 0.15) is 31.3 Å². The highest BCUT2D eigenvalue weighted by Crippen LogP contribution is 2.31. The van der Waals surface area contributed by atoms with Crippen molar-refractivity contribution in [2.75, 3.05) is 6.54 Å². The number of nitrogens with zero attached hydrogens (tertiary/aromatic N) is 1. The number of nitrogens with one attached hydrogen (secondary N) is 1. The highest BCUT2D eigenvalue weighted by molar-refractivity contribution is 9.10. The van der Waals surface area contributed by atoms with Gasteiger partial charge in [0.1, 0.15) is 10.8 Å². The molecule has 0 spiro atoms. The second-order valence-electron chi connectivity index (χ2n) is 5.43. The van der Waals surface area contributed by atoms with E-state index in [1.807, 2.05) is 6.07 Å². The van der Waals surface area contributed by atoms with E-state index in [2.05, 4.69) is 42.0 Å². The standard InChI is InChI=1S/C16H20BrFN2S/c1-4-19-9-15-14(5-10(2)3)20-16(21-15)11-6-12(17)8-13(18)7-11/h6-8,10,19H,4-5,9H2,1-3H3. The summed E-state index contributed by atoms with van der Waals surface area (Å²) in [5.41, 5.74) is 1.96. The van der Waals surface area contributed by atoms with Gasteiger partial charge in [0.25, 0.3) is 0 Å². The van der Waals surface area contributed by atoms with Crippen LogP contribution in [0.25, 0.3) is 10.6 Å². The first-order chi connectivity index (χ1) is 9.99. The lowest BCUT2D eigenvalue weighted by molar-refractivity contribution is 0.626. The van der Waals surface area contributed by atoms with Crippen molar-refractivity contribution in [1.29, 1.82) is 0 Å². The monoisotopic (exact) mass is 370 g/mol. The lowest BCUT2D eigenvalue weighted by Gasteiger charge is -2.04. The maximum atomic E-state index is 13.6. The quantitative estimate of drug-likeness (QED) is 0.771. The van der Waals surface area contributed by atoms with Gasteiger partial charge in [-0.25, -0.2) is 9.37 Å². The Balaban J connectivity index is 2.37. The van der Waals surface area contributed by atoms with E-state index in [4.69, 9.17) is 4.98 Å². The molecular weight excluding hydrogens is 351 g/mol. The van der Waals surface area contributed by atoms with Gasteiger partial charge in [-0.2, -0.15) is 0 Å². The van der Waals surface area contributed by atoms with Gasteiger partial charge in [0.15, 0.2) is 0 Å². The third kappa shape index (κ3) is 4.59. The molecule has 5 heteroatoms. The van der Waals surface area contributed by atoms with E-state index in [0.717, 1.165) is 40.2 Å². The van der Waals surface area contributed by atoms with Crippen LogP contribution in [0.3, 0.4) is 0 Å². The summed E-state index contributed by atoms with van der Waals surface area (Å²) in [6, 6.07) is 4.92. The van der Waals surface area contributed by atoms with Crippen molar-refractivity contribution in [3.05, 3.63) is 39.1 Å². The number of halogens is 2. The third-order valence-corrected chi connectivity index (χ3v) is 4.63. The average molecular weight is 371 g/mol. The third-order valence-electron chi connectivity index (χ3n) is 3.02. The second-order valence-corrected chi connectivity index (χ2v) is 7.42. The number of rotatable bonds is 6. The van der Waals surface area contributed by atoms with Gasteiger partial charge in [-0.05, 0) is 37.1 Å². The number of benzene rings is 1. The number of aromatic nitrogens is 1. The Morgan fingerprint density at radius 2 is 2.10 bits per heavy atom. The molecular formula is C16H20BrFN2S. The maximum absolute atomic E-state index is 13.6. The molecule has 1 N–H and O–H groups in total. The molecule has 0 aliphatic carbocycles. The van der Waals surface area contributed by atoms with Gasteiger partial charge in [0.2, 0.25) is 0 Å². The Labute approximate surface area is 137 Å². The van der Waals surface area contributed by atoms with E-state index < -0.39 is 0 Å². The Bertz CT molecular complexity index is 590. The fourth-order valence-corrected chi connectivity index (χ4v) is 3.62. The summed E-state index contributed by atoms with van der Waals surface area (Å²) < 4.78 is 14.3. The number of thiazole rings is 1. The summed E-state index contributed by atoms with van der Waals surface area (Å²) in [7, 11) is 0. The van der Waals surface area contributed by atoms with Crippen molar-refractivity contribution in [3.63, 3.8) is 0 Å². The maximum Gasteiger partial charge on any atom is 0.125 e. The van der Waals surface area contributed by atoms with E-state index in [9.17, 15) is 4.39 Å². The second kappa shape index (κ2) is 7.47. The average Bonchev–Trinajstić information content (AvgIpc) is 2.77. The molecule has 0 fully saturated rings. The van der Waals surface area contributed by atoms with Crippen molar-refractivity contribution >= 4 is 27.3 Å². The van der Waals surface area contributed by atoms with E-state index >= 15 is 0 Å². The van der Waals surface area contributed by atoms with Gasteiger partial charge in [0, 0.05) is 21.5 Å². The minimum absolute atomic E-state index is 0.242. The van der Waals surface area contributed by atoms with Crippen LogP contribution in [0, 0.1) is 11.7 Å². The minimum atomic E-state index is -0.242. The first kappa shape index (κ1) is 16.6. The predicted molar refractivity (Wildman–Crippen MR) is 91.1 cm³/mol. The molecule has 0 aliphatic rings. The Hall–Kier alpha value is -0.780. The molecule has 114 valence electrons. The van der Waals surface area contributed by atoms with Gasteiger partial charge in [0.05, 0.1) is 5.69 Å². The fourth-order valence-electron chi connectivity index (χ4n) is 2.11. The van der Waals surface area contributed by atoms with Crippen LogP contribution < -0.4 is 5.32 Å². The summed E-state index contributed by atoms with van der Waals surface area (Å²) in [6.45, 7) is 8.23. The lowest BCUT2D eigenvalue weighted by Crippen LogP contribution is -2.12. The molecule has 1 aromatic heterocycles. The van der Waals surface area contributed by atoms with Crippen LogP contribution in [0.4, 0.5) is 4.39 Å². The van der Waals surface area contributed by atoms with Crippen molar-refractivity contribution in [3.8, 4) is 10.6 Å². The molecule has 0 saturated carbocycles. The highest BCUT2D eigenvalue weighted by Gasteiger charge is 2.14. The summed E-state index contributed by atoms with van der Waals surface area (Å²) in [5.74, 6) is 0.313. The molecule has 21 heavy (non-hydrogen) atoms. The molecule has 1 aromatic carbocycles. The van der Waals surface area contributed by atoms with Gasteiger partial charge in [-0.1, -0.05) is 36.7 Å². The van der Waals surface area contributed by atoms with Crippen LogP contribution in [-0.2, 0) is 13.0 Å². The van der Waals surface area contributed by atoms with Crippen molar-refractivity contribution in [2.45, 2.75) is 33.7 Å². The highest BCUT2D eigenvalue weighted by atomic mass is 79.9. The first-order valence-electron chi connectivity index (χ1n) is 7.15. The van der Waals surface area contributed by atoms with Crippen molar-refractivity contribution < 1.29 is 4.39 Å². The van der Waals surface area contributed by atoms with Crippen LogP contribution in [0.5, 0.6) is 0 Å². The molecule has 0 saturated heterocycles. The van der Waals surface area contributed by atoms with Crippen LogP contribution in [-0.4, -0.2) is 11.5 Å². The van der Waals surface area contributed by atoms with Crippen LogP contribution in [0.15, 0.2) is 22.7 Å². The molecule has 0 unspecified atom stereocenters. The van der Waals surface area contributed by atoms with Gasteiger partial charge < -0.3 is 5.32 Å². The van der Waals surface area contributed by atoms with E-state index in [1.54, 1.807) is 17.4 Å². The van der Waals surface area contributed by atoms with E-state index in [0.29, 0.717) is 5.92 Å². The topological polar surface area (TPSA) is 24.9 Å². The molecule has 2 rings (SSSR count). The Kier molecular flexibility index (Phi) is 5.90. The zero-order chi connectivity index (χ0) is 15.4. The largest absolute Gasteiger partial charge is 0.312 e. The Morgan fingerprint density at radius 1 is 1.33 bits per heavy atom. The summed E-state index contributed by atoms with van der Waals surface area (Å²) >= 11 is 4.99. The molecule has 0 bridgehead atoms. The molecule has 2 nitrogen and oxygen atoms in total. The molecule has 0 amide bonds. The smallest absolute Gasteiger partial charge is 0.125 e.